The zero-order valence-electron chi connectivity index (χ0n) is 15.5. The lowest BCUT2D eigenvalue weighted by atomic mass is 10.0. The second kappa shape index (κ2) is 9.41. The second-order valence-corrected chi connectivity index (χ2v) is 7.45. The van der Waals surface area contributed by atoms with E-state index in [2.05, 4.69) is 67.2 Å². The quantitative estimate of drug-likeness (QED) is 0.795. The number of hydrogen-bond donors (Lipinski definition) is 1. The van der Waals surface area contributed by atoms with E-state index < -0.39 is 0 Å². The van der Waals surface area contributed by atoms with Gasteiger partial charge in [-0.3, -0.25) is 4.90 Å². The summed E-state index contributed by atoms with van der Waals surface area (Å²) >= 11 is 0. The van der Waals surface area contributed by atoms with Crippen molar-refractivity contribution in [2.75, 3.05) is 46.3 Å². The number of rotatable bonds is 8. The monoisotopic (exact) mass is 317 g/mol. The molecule has 1 N–H and O–H groups in total. The predicted molar refractivity (Wildman–Crippen MR) is 100 cm³/mol. The summed E-state index contributed by atoms with van der Waals surface area (Å²) in [6.45, 7) is 14.0. The van der Waals surface area contributed by atoms with E-state index in [0.29, 0.717) is 6.04 Å². The molecule has 1 fully saturated rings. The van der Waals surface area contributed by atoms with Crippen LogP contribution in [-0.2, 0) is 6.42 Å². The molecule has 130 valence electrons. The number of piperazine rings is 1. The van der Waals surface area contributed by atoms with Gasteiger partial charge in [-0.05, 0) is 38.3 Å². The third-order valence-corrected chi connectivity index (χ3v) is 4.94. The molecule has 0 spiro atoms. The molecule has 0 amide bonds. The van der Waals surface area contributed by atoms with E-state index in [1.165, 1.54) is 56.7 Å². The molecule has 1 atom stereocenters. The number of benzene rings is 1. The van der Waals surface area contributed by atoms with Crippen LogP contribution in [0.1, 0.15) is 31.4 Å². The molecule has 1 aliphatic rings. The lowest BCUT2D eigenvalue weighted by Crippen LogP contribution is -2.53. The molecule has 23 heavy (non-hydrogen) atoms. The number of nitrogens with one attached hydrogen (secondary N) is 1. The molecule has 0 bridgehead atoms. The van der Waals surface area contributed by atoms with Gasteiger partial charge >= 0.3 is 0 Å². The van der Waals surface area contributed by atoms with Crippen molar-refractivity contribution in [3.63, 3.8) is 0 Å². The minimum Gasteiger partial charge on any atom is -0.318 e. The fourth-order valence-corrected chi connectivity index (χ4v) is 3.54. The van der Waals surface area contributed by atoms with E-state index in [1.54, 1.807) is 0 Å². The largest absolute Gasteiger partial charge is 0.318 e. The van der Waals surface area contributed by atoms with E-state index in [0.717, 1.165) is 12.5 Å². The van der Waals surface area contributed by atoms with Crippen molar-refractivity contribution in [2.45, 2.75) is 39.7 Å². The van der Waals surface area contributed by atoms with Gasteiger partial charge in [0.15, 0.2) is 0 Å². The summed E-state index contributed by atoms with van der Waals surface area (Å²) in [5.74, 6) is 0.771. The molecule has 0 radical (unpaired) electrons. The fraction of sp³-hybridized carbons (Fsp3) is 0.700. The van der Waals surface area contributed by atoms with Crippen molar-refractivity contribution in [3.8, 4) is 0 Å². The normalized spacial score (nSPS) is 18.5. The van der Waals surface area contributed by atoms with Gasteiger partial charge in [0.2, 0.25) is 0 Å². The van der Waals surface area contributed by atoms with Gasteiger partial charge in [-0.2, -0.15) is 0 Å². The Morgan fingerprint density at radius 2 is 1.70 bits per heavy atom. The molecule has 1 aromatic rings. The van der Waals surface area contributed by atoms with Gasteiger partial charge in [0, 0.05) is 45.3 Å². The first-order chi connectivity index (χ1) is 11.1. The molecule has 1 aliphatic heterocycles. The average molecular weight is 318 g/mol. The highest BCUT2D eigenvalue weighted by Crippen LogP contribution is 2.14. The highest BCUT2D eigenvalue weighted by molar-refractivity contribution is 5.21. The number of nitrogens with zero attached hydrogens (tertiary/aromatic N) is 2. The third kappa shape index (κ3) is 6.25. The predicted octanol–water partition coefficient (Wildman–Crippen LogP) is 2.79. The van der Waals surface area contributed by atoms with Crippen LogP contribution in [0.3, 0.4) is 0 Å². The van der Waals surface area contributed by atoms with Crippen LogP contribution in [0.25, 0.3) is 0 Å². The number of likely N-dealkylation sites (N-methyl/N-ethyl adjacent to an activating group) is 1. The van der Waals surface area contributed by atoms with Crippen LogP contribution < -0.4 is 5.32 Å². The van der Waals surface area contributed by atoms with Gasteiger partial charge in [0.05, 0.1) is 0 Å². The highest BCUT2D eigenvalue weighted by Gasteiger charge is 2.23. The zero-order chi connectivity index (χ0) is 16.7. The summed E-state index contributed by atoms with van der Waals surface area (Å²) in [6, 6.07) is 9.69. The maximum atomic E-state index is 3.38. The number of hydrogen-bond acceptors (Lipinski definition) is 3. The first-order valence-electron chi connectivity index (χ1n) is 9.25. The SMILES string of the molecule is CNC[C@@H](CC(C)C)N1CCN(CCc2ccc(C)cc2)CC1. The van der Waals surface area contributed by atoms with E-state index >= 15 is 0 Å². The summed E-state index contributed by atoms with van der Waals surface area (Å²) in [5.41, 5.74) is 2.81. The van der Waals surface area contributed by atoms with Crippen LogP contribution in [0, 0.1) is 12.8 Å². The maximum absolute atomic E-state index is 3.38. The molecule has 0 aromatic heterocycles. The Labute approximate surface area is 143 Å². The molecule has 0 unspecified atom stereocenters. The molecule has 1 heterocycles. The third-order valence-electron chi connectivity index (χ3n) is 4.94. The van der Waals surface area contributed by atoms with Crippen molar-refractivity contribution in [3.05, 3.63) is 35.4 Å². The van der Waals surface area contributed by atoms with Gasteiger partial charge in [-0.25, -0.2) is 0 Å². The Morgan fingerprint density at radius 1 is 1.04 bits per heavy atom. The second-order valence-electron chi connectivity index (χ2n) is 7.45. The van der Waals surface area contributed by atoms with Crippen LogP contribution in [0.2, 0.25) is 0 Å². The standard InChI is InChI=1S/C20H35N3/c1-17(2)15-20(16-21-4)23-13-11-22(12-14-23)10-9-19-7-5-18(3)6-8-19/h5-8,17,20-21H,9-16H2,1-4H3/t20-/m1/s1. The van der Waals surface area contributed by atoms with Crippen LogP contribution in [0.15, 0.2) is 24.3 Å². The van der Waals surface area contributed by atoms with Gasteiger partial charge in [0.25, 0.3) is 0 Å². The Kier molecular flexibility index (Phi) is 7.54. The first-order valence-corrected chi connectivity index (χ1v) is 9.25. The van der Waals surface area contributed by atoms with E-state index in [9.17, 15) is 0 Å². The fourth-order valence-electron chi connectivity index (χ4n) is 3.54. The minimum absolute atomic E-state index is 0.694. The molecule has 3 nitrogen and oxygen atoms in total. The smallest absolute Gasteiger partial charge is 0.0224 e. The molecule has 2 rings (SSSR count). The zero-order valence-corrected chi connectivity index (χ0v) is 15.5. The topological polar surface area (TPSA) is 18.5 Å². The highest BCUT2D eigenvalue weighted by atomic mass is 15.3. The first kappa shape index (κ1) is 18.4. The van der Waals surface area contributed by atoms with E-state index in [4.69, 9.17) is 0 Å². The van der Waals surface area contributed by atoms with Gasteiger partial charge in [-0.1, -0.05) is 43.7 Å². The summed E-state index contributed by atoms with van der Waals surface area (Å²) in [7, 11) is 2.07. The van der Waals surface area contributed by atoms with Crippen LogP contribution in [0.5, 0.6) is 0 Å². The van der Waals surface area contributed by atoms with Crippen LogP contribution >= 0.6 is 0 Å². The van der Waals surface area contributed by atoms with Crippen LogP contribution in [-0.4, -0.2) is 62.2 Å². The van der Waals surface area contributed by atoms with E-state index in [1.807, 2.05) is 0 Å². The van der Waals surface area contributed by atoms with Crippen molar-refractivity contribution in [1.29, 1.82) is 0 Å². The lowest BCUT2D eigenvalue weighted by molar-refractivity contribution is 0.0874. The van der Waals surface area contributed by atoms with Crippen molar-refractivity contribution < 1.29 is 0 Å². The Balaban J connectivity index is 1.75. The molecule has 0 aliphatic carbocycles. The molecular weight excluding hydrogens is 282 g/mol. The van der Waals surface area contributed by atoms with E-state index in [-0.39, 0.29) is 0 Å². The van der Waals surface area contributed by atoms with Gasteiger partial charge in [0.1, 0.15) is 0 Å². The average Bonchev–Trinajstić information content (AvgIpc) is 2.54. The van der Waals surface area contributed by atoms with Crippen molar-refractivity contribution >= 4 is 0 Å². The molecule has 0 saturated carbocycles. The summed E-state index contributed by atoms with van der Waals surface area (Å²) < 4.78 is 0. The molecular formula is C20H35N3. The van der Waals surface area contributed by atoms with Crippen molar-refractivity contribution in [2.24, 2.45) is 5.92 Å². The van der Waals surface area contributed by atoms with Crippen LogP contribution in [0.4, 0.5) is 0 Å². The summed E-state index contributed by atoms with van der Waals surface area (Å²) in [6.07, 6.45) is 2.47. The Hall–Kier alpha value is -0.900. The maximum Gasteiger partial charge on any atom is 0.0224 e. The lowest BCUT2D eigenvalue weighted by Gasteiger charge is -2.40. The van der Waals surface area contributed by atoms with Gasteiger partial charge < -0.3 is 10.2 Å². The molecule has 1 aromatic carbocycles. The Bertz CT molecular complexity index is 433. The van der Waals surface area contributed by atoms with Gasteiger partial charge in [-0.15, -0.1) is 0 Å². The summed E-state index contributed by atoms with van der Waals surface area (Å²) in [4.78, 5) is 5.32. The van der Waals surface area contributed by atoms with Crippen molar-refractivity contribution in [1.82, 2.24) is 15.1 Å². The number of aryl methyl sites for hydroxylation is 1. The molecule has 1 saturated heterocycles. The molecule has 3 heteroatoms. The Morgan fingerprint density at radius 3 is 2.26 bits per heavy atom. The summed E-state index contributed by atoms with van der Waals surface area (Å²) in [5, 5.41) is 3.38. The minimum atomic E-state index is 0.694.